The van der Waals surface area contributed by atoms with E-state index in [-0.39, 0.29) is 11.9 Å². The first-order valence-electron chi connectivity index (χ1n) is 5.87. The first-order valence-corrected chi connectivity index (χ1v) is 7.54. The molecule has 7 heteroatoms. The van der Waals surface area contributed by atoms with Gasteiger partial charge < -0.3 is 15.8 Å². The third-order valence-electron chi connectivity index (χ3n) is 2.57. The van der Waals surface area contributed by atoms with Gasteiger partial charge in [-0.3, -0.25) is 4.79 Å². The molecule has 0 saturated carbocycles. The lowest BCUT2D eigenvalue weighted by atomic mass is 10.3. The number of rotatable bonds is 4. The highest BCUT2D eigenvalue weighted by Crippen LogP contribution is 2.27. The van der Waals surface area contributed by atoms with Gasteiger partial charge in [0, 0.05) is 15.9 Å². The number of hydrogen-bond acceptors (Lipinski definition) is 5. The van der Waals surface area contributed by atoms with Gasteiger partial charge in [0.15, 0.2) is 0 Å². The fourth-order valence-corrected chi connectivity index (χ4v) is 2.62. The van der Waals surface area contributed by atoms with E-state index in [0.717, 1.165) is 9.48 Å². The molecule has 5 nitrogen and oxygen atoms in total. The SMILES string of the molecule is COc1ccc(Br)c(NC(=O)c2csc(C(C)N)n2)c1. The summed E-state index contributed by atoms with van der Waals surface area (Å²) in [5.41, 5.74) is 6.72. The summed E-state index contributed by atoms with van der Waals surface area (Å²) in [6.07, 6.45) is 0. The number of halogens is 1. The maximum atomic E-state index is 12.1. The Bertz CT molecular complexity index is 628. The molecule has 2 aromatic rings. The van der Waals surface area contributed by atoms with Crippen molar-refractivity contribution in [2.45, 2.75) is 13.0 Å². The minimum absolute atomic E-state index is 0.176. The van der Waals surface area contributed by atoms with Crippen molar-refractivity contribution in [2.24, 2.45) is 5.73 Å². The molecule has 2 rings (SSSR count). The monoisotopic (exact) mass is 355 g/mol. The molecule has 106 valence electrons. The Morgan fingerprint density at radius 2 is 2.30 bits per heavy atom. The van der Waals surface area contributed by atoms with Crippen LogP contribution in [0.3, 0.4) is 0 Å². The van der Waals surface area contributed by atoms with Gasteiger partial charge in [-0.15, -0.1) is 11.3 Å². The van der Waals surface area contributed by atoms with E-state index in [4.69, 9.17) is 10.5 Å². The Kier molecular flexibility index (Phi) is 4.74. The van der Waals surface area contributed by atoms with Crippen LogP contribution in [-0.2, 0) is 0 Å². The molecule has 0 bridgehead atoms. The van der Waals surface area contributed by atoms with Crippen LogP contribution in [-0.4, -0.2) is 18.0 Å². The largest absolute Gasteiger partial charge is 0.497 e. The molecule has 0 aliphatic carbocycles. The lowest BCUT2D eigenvalue weighted by Gasteiger charge is -2.08. The van der Waals surface area contributed by atoms with Gasteiger partial charge in [-0.1, -0.05) is 0 Å². The molecule has 1 unspecified atom stereocenters. The molecule has 1 heterocycles. The zero-order valence-electron chi connectivity index (χ0n) is 11.0. The lowest BCUT2D eigenvalue weighted by molar-refractivity contribution is 0.102. The lowest BCUT2D eigenvalue weighted by Crippen LogP contribution is -2.13. The molecule has 1 atom stereocenters. The second kappa shape index (κ2) is 6.34. The summed E-state index contributed by atoms with van der Waals surface area (Å²) < 4.78 is 5.90. The van der Waals surface area contributed by atoms with Crippen LogP contribution in [0.5, 0.6) is 5.75 Å². The van der Waals surface area contributed by atoms with Crippen LogP contribution >= 0.6 is 27.3 Å². The first-order chi connectivity index (χ1) is 9.51. The predicted octanol–water partition coefficient (Wildman–Crippen LogP) is 3.19. The van der Waals surface area contributed by atoms with Crippen LogP contribution < -0.4 is 15.8 Å². The summed E-state index contributed by atoms with van der Waals surface area (Å²) in [4.78, 5) is 16.3. The summed E-state index contributed by atoms with van der Waals surface area (Å²) >= 11 is 4.76. The van der Waals surface area contributed by atoms with Crippen molar-refractivity contribution in [3.8, 4) is 5.75 Å². The average molecular weight is 356 g/mol. The number of hydrogen-bond donors (Lipinski definition) is 2. The van der Waals surface area contributed by atoms with E-state index in [1.54, 1.807) is 24.6 Å². The van der Waals surface area contributed by atoms with E-state index in [9.17, 15) is 4.79 Å². The van der Waals surface area contributed by atoms with E-state index < -0.39 is 0 Å². The van der Waals surface area contributed by atoms with Crippen LogP contribution in [0, 0.1) is 0 Å². The minimum atomic E-state index is -0.276. The number of amides is 1. The first kappa shape index (κ1) is 15.0. The van der Waals surface area contributed by atoms with Gasteiger partial charge in [-0.05, 0) is 35.0 Å². The highest BCUT2D eigenvalue weighted by molar-refractivity contribution is 9.10. The quantitative estimate of drug-likeness (QED) is 0.882. The van der Waals surface area contributed by atoms with E-state index >= 15 is 0 Å². The van der Waals surface area contributed by atoms with Crippen LogP contribution in [0.25, 0.3) is 0 Å². The summed E-state index contributed by atoms with van der Waals surface area (Å²) in [5.74, 6) is 0.389. The topological polar surface area (TPSA) is 77.2 Å². The third kappa shape index (κ3) is 3.36. The number of carbonyl (C=O) groups is 1. The second-order valence-electron chi connectivity index (χ2n) is 4.16. The summed E-state index contributed by atoms with van der Waals surface area (Å²) in [6, 6.07) is 5.17. The second-order valence-corrected chi connectivity index (χ2v) is 5.90. The number of nitrogens with one attached hydrogen (secondary N) is 1. The van der Waals surface area contributed by atoms with Crippen LogP contribution in [0.1, 0.15) is 28.5 Å². The highest BCUT2D eigenvalue weighted by Gasteiger charge is 2.14. The van der Waals surface area contributed by atoms with Crippen molar-refractivity contribution in [1.82, 2.24) is 4.98 Å². The molecular formula is C13H14BrN3O2S. The average Bonchev–Trinajstić information content (AvgIpc) is 2.91. The normalized spacial score (nSPS) is 12.0. The number of thiazole rings is 1. The van der Waals surface area contributed by atoms with E-state index in [2.05, 4.69) is 26.2 Å². The summed E-state index contributed by atoms with van der Waals surface area (Å²) in [7, 11) is 1.57. The molecule has 20 heavy (non-hydrogen) atoms. The van der Waals surface area contributed by atoms with Crippen molar-refractivity contribution in [3.05, 3.63) is 38.8 Å². The molecular weight excluding hydrogens is 342 g/mol. The molecule has 1 aromatic carbocycles. The Morgan fingerprint density at radius 3 is 2.90 bits per heavy atom. The van der Waals surface area contributed by atoms with Gasteiger partial charge >= 0.3 is 0 Å². The Labute approximate surface area is 129 Å². The third-order valence-corrected chi connectivity index (χ3v) is 4.30. The molecule has 3 N–H and O–H groups in total. The zero-order valence-corrected chi connectivity index (χ0v) is 13.4. The fourth-order valence-electron chi connectivity index (χ4n) is 1.51. The summed E-state index contributed by atoms with van der Waals surface area (Å²) in [6.45, 7) is 1.83. The molecule has 0 fully saturated rings. The number of anilines is 1. The van der Waals surface area contributed by atoms with Crippen LogP contribution in [0.15, 0.2) is 28.1 Å². The number of ether oxygens (including phenoxy) is 1. The van der Waals surface area contributed by atoms with Crippen molar-refractivity contribution in [1.29, 1.82) is 0 Å². The van der Waals surface area contributed by atoms with Gasteiger partial charge in [0.25, 0.3) is 5.91 Å². The smallest absolute Gasteiger partial charge is 0.275 e. The minimum Gasteiger partial charge on any atom is -0.497 e. The maximum absolute atomic E-state index is 12.1. The fraction of sp³-hybridized carbons (Fsp3) is 0.231. The number of benzene rings is 1. The van der Waals surface area contributed by atoms with E-state index in [1.807, 2.05) is 13.0 Å². The standard InChI is InChI=1S/C13H14BrN3O2S/c1-7(15)13-17-11(6-20-13)12(18)16-10-5-8(19-2)3-4-9(10)14/h3-7H,15H2,1-2H3,(H,16,18). The van der Waals surface area contributed by atoms with Gasteiger partial charge in [0.1, 0.15) is 16.5 Å². The van der Waals surface area contributed by atoms with Crippen LogP contribution in [0.2, 0.25) is 0 Å². The van der Waals surface area contributed by atoms with E-state index in [1.165, 1.54) is 11.3 Å². The van der Waals surface area contributed by atoms with Gasteiger partial charge in [0.2, 0.25) is 0 Å². The Morgan fingerprint density at radius 1 is 1.55 bits per heavy atom. The highest BCUT2D eigenvalue weighted by atomic mass is 79.9. The number of nitrogens with zero attached hydrogens (tertiary/aromatic N) is 1. The maximum Gasteiger partial charge on any atom is 0.275 e. The number of methoxy groups -OCH3 is 1. The predicted molar refractivity (Wildman–Crippen MR) is 83.4 cm³/mol. The molecule has 0 radical (unpaired) electrons. The van der Waals surface area contributed by atoms with Gasteiger partial charge in [-0.2, -0.15) is 0 Å². The molecule has 0 aliphatic rings. The van der Waals surface area contributed by atoms with Crippen molar-refractivity contribution in [2.75, 3.05) is 12.4 Å². The zero-order chi connectivity index (χ0) is 14.7. The Balaban J connectivity index is 2.18. The molecule has 0 saturated heterocycles. The molecule has 1 amide bonds. The van der Waals surface area contributed by atoms with Crippen LogP contribution in [0.4, 0.5) is 5.69 Å². The van der Waals surface area contributed by atoms with Gasteiger partial charge in [0.05, 0.1) is 18.8 Å². The molecule has 0 spiro atoms. The van der Waals surface area contributed by atoms with Crippen molar-refractivity contribution < 1.29 is 9.53 Å². The van der Waals surface area contributed by atoms with Crippen molar-refractivity contribution >= 4 is 38.9 Å². The number of carbonyl (C=O) groups excluding carboxylic acids is 1. The van der Waals surface area contributed by atoms with Crippen molar-refractivity contribution in [3.63, 3.8) is 0 Å². The Hall–Kier alpha value is -1.44. The number of nitrogens with two attached hydrogens (primary N) is 1. The molecule has 0 aliphatic heterocycles. The molecule has 1 aromatic heterocycles. The van der Waals surface area contributed by atoms with E-state index in [0.29, 0.717) is 17.1 Å². The number of aromatic nitrogens is 1. The summed E-state index contributed by atoms with van der Waals surface area (Å²) in [5, 5.41) is 5.22. The van der Waals surface area contributed by atoms with Gasteiger partial charge in [-0.25, -0.2) is 4.98 Å².